The first-order valence-electron chi connectivity index (χ1n) is 10.2. The van der Waals surface area contributed by atoms with E-state index < -0.39 is 0 Å². The van der Waals surface area contributed by atoms with Gasteiger partial charge in [0, 0.05) is 51.0 Å². The fourth-order valence-electron chi connectivity index (χ4n) is 4.33. The van der Waals surface area contributed by atoms with Crippen LogP contribution >= 0.6 is 0 Å². The summed E-state index contributed by atoms with van der Waals surface area (Å²) in [6, 6.07) is 17.9. The van der Waals surface area contributed by atoms with Crippen LogP contribution in [0, 0.1) is 0 Å². The van der Waals surface area contributed by atoms with Gasteiger partial charge in [0.25, 0.3) is 0 Å². The topological polar surface area (TPSA) is 27.7 Å². The van der Waals surface area contributed by atoms with Gasteiger partial charge in [0.2, 0.25) is 0 Å². The van der Waals surface area contributed by atoms with E-state index >= 15 is 0 Å². The van der Waals surface area contributed by atoms with Crippen molar-refractivity contribution in [3.63, 3.8) is 0 Å². The third kappa shape index (κ3) is 4.63. The van der Waals surface area contributed by atoms with E-state index in [0.29, 0.717) is 6.04 Å². The van der Waals surface area contributed by atoms with Crippen LogP contribution in [0.15, 0.2) is 48.5 Å². The molecule has 0 aromatic heterocycles. The Morgan fingerprint density at radius 2 is 1.81 bits per heavy atom. The number of ether oxygens (including phenoxy) is 1. The molecule has 2 aromatic rings. The van der Waals surface area contributed by atoms with E-state index in [2.05, 4.69) is 63.6 Å². The number of hydrogen-bond donors (Lipinski definition) is 1. The minimum atomic E-state index is 0.593. The lowest BCUT2D eigenvalue weighted by Crippen LogP contribution is -2.49. The summed E-state index contributed by atoms with van der Waals surface area (Å²) in [6.45, 7) is 6.78. The van der Waals surface area contributed by atoms with Gasteiger partial charge in [-0.2, -0.15) is 0 Å². The molecule has 0 saturated carbocycles. The maximum atomic E-state index is 5.39. The number of methoxy groups -OCH3 is 1. The number of para-hydroxylation sites is 1. The Morgan fingerprint density at radius 1 is 1.00 bits per heavy atom. The van der Waals surface area contributed by atoms with Crippen LogP contribution in [0.2, 0.25) is 0 Å². The lowest BCUT2D eigenvalue weighted by atomic mass is 9.88. The molecule has 1 unspecified atom stereocenters. The van der Waals surface area contributed by atoms with Gasteiger partial charge in [0.1, 0.15) is 5.75 Å². The number of anilines is 1. The molecule has 2 aliphatic rings. The molecule has 1 heterocycles. The van der Waals surface area contributed by atoms with E-state index in [1.165, 1.54) is 29.7 Å². The summed E-state index contributed by atoms with van der Waals surface area (Å²) in [5, 5.41) is 3.79. The number of benzene rings is 2. The van der Waals surface area contributed by atoms with E-state index in [-0.39, 0.29) is 0 Å². The highest BCUT2D eigenvalue weighted by molar-refractivity contribution is 5.46. The largest absolute Gasteiger partial charge is 0.497 e. The predicted molar refractivity (Wildman–Crippen MR) is 112 cm³/mol. The summed E-state index contributed by atoms with van der Waals surface area (Å²) in [7, 11) is 1.75. The van der Waals surface area contributed by atoms with Gasteiger partial charge < -0.3 is 15.0 Å². The molecule has 2 aromatic carbocycles. The lowest BCUT2D eigenvalue weighted by molar-refractivity contribution is 0.252. The normalized spacial score (nSPS) is 20.3. The molecule has 4 rings (SSSR count). The van der Waals surface area contributed by atoms with Gasteiger partial charge in [0.15, 0.2) is 0 Å². The Hall–Kier alpha value is -2.04. The van der Waals surface area contributed by atoms with Crippen LogP contribution in [0.5, 0.6) is 5.75 Å². The van der Waals surface area contributed by atoms with Crippen molar-refractivity contribution >= 4 is 5.69 Å². The average Bonchev–Trinajstić information content (AvgIpc) is 2.74. The van der Waals surface area contributed by atoms with Crippen molar-refractivity contribution in [2.75, 3.05) is 51.3 Å². The molecule has 4 nitrogen and oxygen atoms in total. The second-order valence-corrected chi connectivity index (χ2v) is 7.69. The fourth-order valence-corrected chi connectivity index (χ4v) is 4.33. The molecule has 144 valence electrons. The smallest absolute Gasteiger partial charge is 0.119 e. The standard InChI is InChI=1S/C23H31N3O/c1-27-23-10-8-19-7-9-21(17-20(19)18-23)24-11-12-25-13-15-26(16-14-25)22-5-3-2-4-6-22/h2-6,8,10,18,21,24H,7,9,11-17H2,1H3. The Morgan fingerprint density at radius 3 is 2.59 bits per heavy atom. The molecule has 1 fully saturated rings. The zero-order valence-electron chi connectivity index (χ0n) is 16.4. The Labute approximate surface area is 163 Å². The van der Waals surface area contributed by atoms with Crippen LogP contribution in [0.4, 0.5) is 5.69 Å². The van der Waals surface area contributed by atoms with E-state index in [1.54, 1.807) is 7.11 Å². The highest BCUT2D eigenvalue weighted by atomic mass is 16.5. The van der Waals surface area contributed by atoms with Crippen molar-refractivity contribution in [2.24, 2.45) is 0 Å². The van der Waals surface area contributed by atoms with Crippen LogP contribution in [0.1, 0.15) is 17.5 Å². The molecule has 1 aliphatic heterocycles. The van der Waals surface area contributed by atoms with Crippen LogP contribution < -0.4 is 15.0 Å². The highest BCUT2D eigenvalue weighted by Gasteiger charge is 2.20. The fraction of sp³-hybridized carbons (Fsp3) is 0.478. The zero-order chi connectivity index (χ0) is 18.5. The summed E-state index contributed by atoms with van der Waals surface area (Å²) < 4.78 is 5.39. The molecule has 1 aliphatic carbocycles. The van der Waals surface area contributed by atoms with Gasteiger partial charge in [0.05, 0.1) is 7.11 Å². The molecular weight excluding hydrogens is 334 g/mol. The number of hydrogen-bond acceptors (Lipinski definition) is 4. The maximum Gasteiger partial charge on any atom is 0.119 e. The van der Waals surface area contributed by atoms with E-state index in [4.69, 9.17) is 4.74 Å². The molecule has 0 radical (unpaired) electrons. The summed E-state index contributed by atoms with van der Waals surface area (Å²) in [4.78, 5) is 5.08. The zero-order valence-corrected chi connectivity index (χ0v) is 16.4. The van der Waals surface area contributed by atoms with Crippen LogP contribution in [0.25, 0.3) is 0 Å². The number of nitrogens with one attached hydrogen (secondary N) is 1. The van der Waals surface area contributed by atoms with Gasteiger partial charge >= 0.3 is 0 Å². The van der Waals surface area contributed by atoms with Crippen molar-refractivity contribution < 1.29 is 4.74 Å². The lowest BCUT2D eigenvalue weighted by Gasteiger charge is -2.36. The quantitative estimate of drug-likeness (QED) is 0.852. The van der Waals surface area contributed by atoms with Gasteiger partial charge in [-0.1, -0.05) is 24.3 Å². The summed E-state index contributed by atoms with van der Waals surface area (Å²) >= 11 is 0. The second-order valence-electron chi connectivity index (χ2n) is 7.69. The van der Waals surface area contributed by atoms with E-state index in [0.717, 1.165) is 51.4 Å². The Balaban J connectivity index is 1.20. The Kier molecular flexibility index (Phi) is 5.95. The van der Waals surface area contributed by atoms with Gasteiger partial charge in [-0.3, -0.25) is 4.90 Å². The van der Waals surface area contributed by atoms with E-state index in [1.807, 2.05) is 0 Å². The first kappa shape index (κ1) is 18.3. The number of fused-ring (bicyclic) bond motifs is 1. The molecule has 0 amide bonds. The molecule has 0 spiro atoms. The summed E-state index contributed by atoms with van der Waals surface area (Å²) in [6.07, 6.45) is 3.53. The highest BCUT2D eigenvalue weighted by Crippen LogP contribution is 2.25. The second kappa shape index (κ2) is 8.77. The van der Waals surface area contributed by atoms with Crippen molar-refractivity contribution in [1.29, 1.82) is 0 Å². The van der Waals surface area contributed by atoms with Crippen LogP contribution in [0.3, 0.4) is 0 Å². The number of nitrogens with zero attached hydrogens (tertiary/aromatic N) is 2. The number of piperazine rings is 1. The van der Waals surface area contributed by atoms with Gasteiger partial charge in [-0.05, 0) is 54.7 Å². The maximum absolute atomic E-state index is 5.39. The van der Waals surface area contributed by atoms with Crippen LogP contribution in [-0.4, -0.2) is 57.3 Å². The van der Waals surface area contributed by atoms with Crippen LogP contribution in [-0.2, 0) is 12.8 Å². The number of rotatable bonds is 6. The summed E-state index contributed by atoms with van der Waals surface area (Å²) in [5.74, 6) is 0.977. The first-order valence-corrected chi connectivity index (χ1v) is 10.2. The number of aryl methyl sites for hydroxylation is 1. The minimum absolute atomic E-state index is 0.593. The summed E-state index contributed by atoms with van der Waals surface area (Å²) in [5.41, 5.74) is 4.30. The van der Waals surface area contributed by atoms with Crippen molar-refractivity contribution in [3.8, 4) is 5.75 Å². The molecule has 1 saturated heterocycles. The Bertz CT molecular complexity index is 726. The molecule has 4 heteroatoms. The molecule has 27 heavy (non-hydrogen) atoms. The molecular formula is C23H31N3O. The van der Waals surface area contributed by atoms with Crippen molar-refractivity contribution in [2.45, 2.75) is 25.3 Å². The third-order valence-corrected chi connectivity index (χ3v) is 6.00. The SMILES string of the molecule is COc1ccc2c(c1)CC(NCCN1CCN(c3ccccc3)CC1)CC2. The minimum Gasteiger partial charge on any atom is -0.497 e. The monoisotopic (exact) mass is 365 g/mol. The van der Waals surface area contributed by atoms with Gasteiger partial charge in [-0.15, -0.1) is 0 Å². The van der Waals surface area contributed by atoms with Crippen molar-refractivity contribution in [3.05, 3.63) is 59.7 Å². The molecule has 1 atom stereocenters. The third-order valence-electron chi connectivity index (χ3n) is 6.00. The average molecular weight is 366 g/mol. The molecule has 0 bridgehead atoms. The molecule has 1 N–H and O–H groups in total. The van der Waals surface area contributed by atoms with Gasteiger partial charge in [-0.25, -0.2) is 0 Å². The first-order chi connectivity index (χ1) is 13.3. The predicted octanol–water partition coefficient (Wildman–Crippen LogP) is 2.96. The van der Waals surface area contributed by atoms with E-state index in [9.17, 15) is 0 Å². The van der Waals surface area contributed by atoms with Crippen molar-refractivity contribution in [1.82, 2.24) is 10.2 Å².